The highest BCUT2D eigenvalue weighted by atomic mass is 35.5. The van der Waals surface area contributed by atoms with E-state index in [0.29, 0.717) is 44.9 Å². The highest BCUT2D eigenvalue weighted by Gasteiger charge is 2.26. The summed E-state index contributed by atoms with van der Waals surface area (Å²) in [4.78, 5) is 28.6. The van der Waals surface area contributed by atoms with Crippen LogP contribution in [0, 0.1) is 5.92 Å². The van der Waals surface area contributed by atoms with Gasteiger partial charge < -0.3 is 20.3 Å². The molecule has 1 aliphatic carbocycles. The molecule has 6 nitrogen and oxygen atoms in total. The van der Waals surface area contributed by atoms with Gasteiger partial charge in [-0.3, -0.25) is 9.59 Å². The van der Waals surface area contributed by atoms with Gasteiger partial charge in [0.05, 0.1) is 12.5 Å². The smallest absolute Gasteiger partial charge is 0.225 e. The zero-order chi connectivity index (χ0) is 16.7. The van der Waals surface area contributed by atoms with Crippen LogP contribution in [0.1, 0.15) is 44.9 Å². The molecule has 7 heteroatoms. The average Bonchev–Trinajstić information content (AvgIpc) is 2.93. The lowest BCUT2D eigenvalue weighted by Crippen LogP contribution is -2.39. The van der Waals surface area contributed by atoms with E-state index < -0.39 is 0 Å². The Morgan fingerprint density at radius 3 is 2.17 bits per heavy atom. The number of hydrogen-bond donors (Lipinski definition) is 1. The molecule has 0 aromatic carbocycles. The van der Waals surface area contributed by atoms with E-state index in [9.17, 15) is 9.59 Å². The minimum atomic E-state index is -0.217. The first-order chi connectivity index (χ1) is 11.1. The number of rotatable bonds is 6. The number of amides is 2. The van der Waals surface area contributed by atoms with Gasteiger partial charge in [-0.05, 0) is 25.2 Å². The molecule has 2 N–H and O–H groups in total. The molecule has 1 aliphatic heterocycles. The van der Waals surface area contributed by atoms with Crippen molar-refractivity contribution in [3.05, 3.63) is 0 Å². The molecule has 0 aromatic rings. The number of nitrogens with zero attached hydrogens (tertiary/aromatic N) is 2. The average molecular weight is 362 g/mol. The van der Waals surface area contributed by atoms with Crippen molar-refractivity contribution in [3.8, 4) is 0 Å². The van der Waals surface area contributed by atoms with Gasteiger partial charge in [-0.2, -0.15) is 0 Å². The van der Waals surface area contributed by atoms with E-state index in [4.69, 9.17) is 10.5 Å². The maximum atomic E-state index is 12.4. The van der Waals surface area contributed by atoms with Crippen molar-refractivity contribution in [2.24, 2.45) is 11.7 Å². The van der Waals surface area contributed by atoms with E-state index >= 15 is 0 Å². The molecule has 0 radical (unpaired) electrons. The molecule has 1 atom stereocenters. The molecule has 1 saturated carbocycles. The Kier molecular flexibility index (Phi) is 9.63. The van der Waals surface area contributed by atoms with Crippen molar-refractivity contribution in [3.63, 3.8) is 0 Å². The monoisotopic (exact) mass is 361 g/mol. The largest absolute Gasteiger partial charge is 0.380 e. The van der Waals surface area contributed by atoms with Gasteiger partial charge in [0.15, 0.2) is 0 Å². The summed E-state index contributed by atoms with van der Waals surface area (Å²) in [6, 6.07) is 0. The van der Waals surface area contributed by atoms with Crippen LogP contribution >= 0.6 is 12.4 Å². The summed E-state index contributed by atoms with van der Waals surface area (Å²) in [6.07, 6.45) is 6.57. The maximum Gasteiger partial charge on any atom is 0.225 e. The highest BCUT2D eigenvalue weighted by Crippen LogP contribution is 2.28. The molecule has 1 saturated heterocycles. The molecule has 0 aromatic heterocycles. The lowest BCUT2D eigenvalue weighted by Gasteiger charge is -2.24. The first-order valence-corrected chi connectivity index (χ1v) is 8.92. The van der Waals surface area contributed by atoms with Crippen LogP contribution in [0.25, 0.3) is 0 Å². The minimum absolute atomic E-state index is 0. The summed E-state index contributed by atoms with van der Waals surface area (Å²) in [5, 5.41) is 0. The number of methoxy groups -OCH3 is 1. The topological polar surface area (TPSA) is 75.9 Å². The number of nitrogens with two attached hydrogens (primary N) is 1. The van der Waals surface area contributed by atoms with Crippen molar-refractivity contribution < 1.29 is 14.3 Å². The molecule has 24 heavy (non-hydrogen) atoms. The fourth-order valence-electron chi connectivity index (χ4n) is 3.59. The lowest BCUT2D eigenvalue weighted by molar-refractivity contribution is -0.135. The van der Waals surface area contributed by atoms with Crippen LogP contribution in [0.4, 0.5) is 0 Å². The van der Waals surface area contributed by atoms with Crippen LogP contribution in [-0.2, 0) is 14.3 Å². The zero-order valence-corrected chi connectivity index (χ0v) is 15.6. The van der Waals surface area contributed by atoms with Crippen LogP contribution in [-0.4, -0.2) is 67.6 Å². The van der Waals surface area contributed by atoms with Crippen LogP contribution in [0.15, 0.2) is 0 Å². The van der Waals surface area contributed by atoms with Crippen LogP contribution in [0.3, 0.4) is 0 Å². The molecule has 0 spiro atoms. The summed E-state index contributed by atoms with van der Waals surface area (Å²) in [5.74, 6) is 0.922. The molecular weight excluding hydrogens is 330 g/mol. The fraction of sp³-hybridized carbons (Fsp3) is 0.882. The second kappa shape index (κ2) is 10.9. The van der Waals surface area contributed by atoms with Crippen molar-refractivity contribution >= 4 is 24.2 Å². The normalized spacial score (nSPS) is 20.4. The first kappa shape index (κ1) is 21.2. The second-order valence-electron chi connectivity index (χ2n) is 6.77. The Labute approximate surface area is 151 Å². The Morgan fingerprint density at radius 2 is 1.62 bits per heavy atom. The van der Waals surface area contributed by atoms with Crippen molar-refractivity contribution in [2.45, 2.75) is 51.0 Å². The summed E-state index contributed by atoms with van der Waals surface area (Å²) < 4.78 is 5.19. The third-order valence-electron chi connectivity index (χ3n) is 5.14. The molecule has 1 unspecified atom stereocenters. The maximum absolute atomic E-state index is 12.4. The van der Waals surface area contributed by atoms with Gasteiger partial charge in [0.25, 0.3) is 0 Å². The predicted octanol–water partition coefficient (Wildman–Crippen LogP) is 1.41. The molecule has 1 heterocycles. The van der Waals surface area contributed by atoms with Gasteiger partial charge in [0.2, 0.25) is 11.8 Å². The van der Waals surface area contributed by atoms with E-state index in [1.807, 2.05) is 9.80 Å². The SMILES string of the molecule is COC(CN)CC(=O)N1CCCN(C(=O)CC2CCCC2)CC1.Cl. The van der Waals surface area contributed by atoms with Crippen LogP contribution in [0.5, 0.6) is 0 Å². The number of carbonyl (C=O) groups is 2. The van der Waals surface area contributed by atoms with Gasteiger partial charge in [0.1, 0.15) is 0 Å². The van der Waals surface area contributed by atoms with Crippen LogP contribution < -0.4 is 5.73 Å². The predicted molar refractivity (Wildman–Crippen MR) is 96.1 cm³/mol. The first-order valence-electron chi connectivity index (χ1n) is 8.92. The van der Waals surface area contributed by atoms with E-state index in [1.165, 1.54) is 25.7 Å². The van der Waals surface area contributed by atoms with Gasteiger partial charge in [-0.1, -0.05) is 12.8 Å². The lowest BCUT2D eigenvalue weighted by atomic mass is 10.0. The number of hydrogen-bond acceptors (Lipinski definition) is 4. The third kappa shape index (κ3) is 6.22. The summed E-state index contributed by atoms with van der Waals surface area (Å²) in [6.45, 7) is 3.10. The molecule has 2 aliphatic rings. The van der Waals surface area contributed by atoms with Crippen LogP contribution in [0.2, 0.25) is 0 Å². The molecule has 0 bridgehead atoms. The number of halogens is 1. The van der Waals surface area contributed by atoms with E-state index in [0.717, 1.165) is 13.0 Å². The molecule has 2 fully saturated rings. The molecular formula is C17H32ClN3O3. The van der Waals surface area contributed by atoms with E-state index in [1.54, 1.807) is 7.11 Å². The van der Waals surface area contributed by atoms with Crippen molar-refractivity contribution in [2.75, 3.05) is 39.8 Å². The van der Waals surface area contributed by atoms with Gasteiger partial charge in [0, 0.05) is 46.3 Å². The quantitative estimate of drug-likeness (QED) is 0.776. The van der Waals surface area contributed by atoms with Gasteiger partial charge in [-0.15, -0.1) is 12.4 Å². The minimum Gasteiger partial charge on any atom is -0.380 e. The number of carbonyl (C=O) groups excluding carboxylic acids is 2. The Morgan fingerprint density at radius 1 is 1.04 bits per heavy atom. The van der Waals surface area contributed by atoms with Crippen molar-refractivity contribution in [1.29, 1.82) is 0 Å². The molecule has 140 valence electrons. The number of ether oxygens (including phenoxy) is 1. The van der Waals surface area contributed by atoms with Gasteiger partial charge >= 0.3 is 0 Å². The second-order valence-corrected chi connectivity index (χ2v) is 6.77. The highest BCUT2D eigenvalue weighted by molar-refractivity contribution is 5.85. The Balaban J connectivity index is 0.00000288. The Bertz CT molecular complexity index is 375. The summed E-state index contributed by atoms with van der Waals surface area (Å²) in [5.41, 5.74) is 5.58. The summed E-state index contributed by atoms with van der Waals surface area (Å²) >= 11 is 0. The van der Waals surface area contributed by atoms with Crippen molar-refractivity contribution in [1.82, 2.24) is 9.80 Å². The Hall–Kier alpha value is -0.850. The zero-order valence-electron chi connectivity index (χ0n) is 14.7. The standard InChI is InChI=1S/C17H31N3O3.ClH/c1-23-15(13-18)12-17(22)20-8-4-7-19(9-10-20)16(21)11-14-5-2-3-6-14;/h14-15H,2-13,18H2,1H3;1H. The fourth-order valence-corrected chi connectivity index (χ4v) is 3.59. The summed E-state index contributed by atoms with van der Waals surface area (Å²) in [7, 11) is 1.58. The third-order valence-corrected chi connectivity index (χ3v) is 5.14. The van der Waals surface area contributed by atoms with Gasteiger partial charge in [-0.25, -0.2) is 0 Å². The molecule has 2 amide bonds. The van der Waals surface area contributed by atoms with E-state index in [-0.39, 0.29) is 30.3 Å². The van der Waals surface area contributed by atoms with E-state index in [2.05, 4.69) is 0 Å². The molecule has 2 rings (SSSR count).